The molecular formula is C23H19F4N3O3S. The minimum atomic E-state index is -5.14. The van der Waals surface area contributed by atoms with Crippen molar-refractivity contribution >= 4 is 34.6 Å². The van der Waals surface area contributed by atoms with Crippen LogP contribution in [-0.4, -0.2) is 34.4 Å². The van der Waals surface area contributed by atoms with Gasteiger partial charge in [-0.15, -0.1) is 0 Å². The lowest BCUT2D eigenvalue weighted by Gasteiger charge is -2.31. The largest absolute Gasteiger partial charge is 0.488 e. The highest BCUT2D eigenvalue weighted by Crippen LogP contribution is 2.42. The SMILES string of the molecule is CC1(C)C(=O)N(c2ccc(C#N)c(C(F)(F)F)c2F)C(=S)N1c1ccc2c(c1)CC[C@@H](CO)O2. The molecule has 1 saturated heterocycles. The monoisotopic (exact) mass is 493 g/mol. The van der Waals surface area contributed by atoms with Gasteiger partial charge in [0.2, 0.25) is 0 Å². The molecule has 0 unspecified atom stereocenters. The zero-order valence-corrected chi connectivity index (χ0v) is 18.9. The highest BCUT2D eigenvalue weighted by molar-refractivity contribution is 7.81. The lowest BCUT2D eigenvalue weighted by atomic mass is 9.99. The Morgan fingerprint density at radius 3 is 2.62 bits per heavy atom. The molecule has 178 valence electrons. The van der Waals surface area contributed by atoms with Gasteiger partial charge in [-0.1, -0.05) is 0 Å². The van der Waals surface area contributed by atoms with Crippen molar-refractivity contribution < 1.29 is 32.2 Å². The van der Waals surface area contributed by atoms with E-state index in [1.54, 1.807) is 18.2 Å². The summed E-state index contributed by atoms with van der Waals surface area (Å²) in [6.45, 7) is 2.95. The number of thiocarbonyl (C=S) groups is 1. The quantitative estimate of drug-likeness (QED) is 0.507. The predicted octanol–water partition coefficient (Wildman–Crippen LogP) is 4.32. The number of amides is 1. The number of anilines is 2. The topological polar surface area (TPSA) is 76.8 Å². The van der Waals surface area contributed by atoms with Gasteiger partial charge >= 0.3 is 6.18 Å². The molecule has 2 aromatic carbocycles. The molecule has 1 amide bonds. The van der Waals surface area contributed by atoms with E-state index in [2.05, 4.69) is 0 Å². The van der Waals surface area contributed by atoms with E-state index in [9.17, 15) is 23.1 Å². The molecule has 11 heteroatoms. The van der Waals surface area contributed by atoms with E-state index in [1.807, 2.05) is 0 Å². The molecule has 2 aromatic rings. The zero-order chi connectivity index (χ0) is 25.0. The number of rotatable bonds is 3. The van der Waals surface area contributed by atoms with Gasteiger partial charge < -0.3 is 14.7 Å². The highest BCUT2D eigenvalue weighted by Gasteiger charge is 2.52. The van der Waals surface area contributed by atoms with Crippen molar-refractivity contribution in [1.29, 1.82) is 5.26 Å². The third-order valence-electron chi connectivity index (χ3n) is 5.97. The lowest BCUT2D eigenvalue weighted by molar-refractivity contribution is -0.140. The van der Waals surface area contributed by atoms with Crippen LogP contribution >= 0.6 is 12.2 Å². The van der Waals surface area contributed by atoms with Crippen LogP contribution in [0.4, 0.5) is 28.9 Å². The van der Waals surface area contributed by atoms with Gasteiger partial charge in [0.1, 0.15) is 23.0 Å². The molecule has 4 rings (SSSR count). The van der Waals surface area contributed by atoms with Crippen LogP contribution in [0.3, 0.4) is 0 Å². The van der Waals surface area contributed by atoms with E-state index in [0.717, 1.165) is 22.6 Å². The normalized spacial score (nSPS) is 19.6. The van der Waals surface area contributed by atoms with Crippen LogP contribution in [-0.2, 0) is 17.4 Å². The molecule has 0 spiro atoms. The number of fused-ring (bicyclic) bond motifs is 1. The minimum absolute atomic E-state index is 0.121. The van der Waals surface area contributed by atoms with Crippen LogP contribution < -0.4 is 14.5 Å². The number of hydrogen-bond donors (Lipinski definition) is 1. The Morgan fingerprint density at radius 1 is 1.29 bits per heavy atom. The van der Waals surface area contributed by atoms with E-state index in [1.165, 1.54) is 24.8 Å². The summed E-state index contributed by atoms with van der Waals surface area (Å²) in [7, 11) is 0. The Labute approximate surface area is 197 Å². The Kier molecular flexibility index (Phi) is 5.78. The number of halogens is 4. The first kappa shape index (κ1) is 23.9. The van der Waals surface area contributed by atoms with Gasteiger partial charge in [-0.05, 0) is 74.8 Å². The lowest BCUT2D eigenvalue weighted by Crippen LogP contribution is -2.44. The van der Waals surface area contributed by atoms with Gasteiger partial charge in [-0.2, -0.15) is 18.4 Å². The van der Waals surface area contributed by atoms with Crippen molar-refractivity contribution in [2.45, 2.75) is 44.5 Å². The third-order valence-corrected chi connectivity index (χ3v) is 6.33. The molecule has 34 heavy (non-hydrogen) atoms. The summed E-state index contributed by atoms with van der Waals surface area (Å²) in [5.74, 6) is -1.88. The van der Waals surface area contributed by atoms with Crippen LogP contribution in [0.1, 0.15) is 37.0 Å². The average Bonchev–Trinajstić information content (AvgIpc) is 2.95. The molecular weight excluding hydrogens is 474 g/mol. The van der Waals surface area contributed by atoms with Gasteiger partial charge in [0, 0.05) is 5.69 Å². The van der Waals surface area contributed by atoms with Gasteiger partial charge in [0.05, 0.1) is 23.9 Å². The van der Waals surface area contributed by atoms with E-state index in [0.29, 0.717) is 24.3 Å². The predicted molar refractivity (Wildman–Crippen MR) is 119 cm³/mol. The van der Waals surface area contributed by atoms with Crippen LogP contribution in [0.25, 0.3) is 0 Å². The summed E-state index contributed by atoms with van der Waals surface area (Å²) < 4.78 is 61.3. The van der Waals surface area contributed by atoms with Crippen molar-refractivity contribution in [3.8, 4) is 11.8 Å². The second-order valence-electron chi connectivity index (χ2n) is 8.50. The number of ether oxygens (including phenoxy) is 1. The van der Waals surface area contributed by atoms with E-state index >= 15 is 4.39 Å². The fraction of sp³-hybridized carbons (Fsp3) is 0.348. The van der Waals surface area contributed by atoms with Crippen molar-refractivity contribution in [3.63, 3.8) is 0 Å². The first-order chi connectivity index (χ1) is 15.9. The number of hydrogen-bond acceptors (Lipinski definition) is 5. The number of aryl methyl sites for hydroxylation is 1. The fourth-order valence-corrected chi connectivity index (χ4v) is 4.76. The molecule has 0 saturated carbocycles. The van der Waals surface area contributed by atoms with Crippen LogP contribution in [0.2, 0.25) is 0 Å². The molecule has 2 aliphatic heterocycles. The minimum Gasteiger partial charge on any atom is -0.488 e. The van der Waals surface area contributed by atoms with E-state index < -0.39 is 40.3 Å². The molecule has 6 nitrogen and oxygen atoms in total. The number of aliphatic hydroxyl groups is 1. The van der Waals surface area contributed by atoms with E-state index in [-0.39, 0.29) is 17.8 Å². The van der Waals surface area contributed by atoms with Gasteiger partial charge in [-0.3, -0.25) is 9.69 Å². The molecule has 1 fully saturated rings. The van der Waals surface area contributed by atoms with Crippen LogP contribution in [0, 0.1) is 17.1 Å². The van der Waals surface area contributed by atoms with Crippen molar-refractivity contribution in [3.05, 3.63) is 52.8 Å². The smallest absolute Gasteiger partial charge is 0.420 e. The summed E-state index contributed by atoms with van der Waals surface area (Å²) in [6.07, 6.45) is -4.27. The number of aliphatic hydroxyl groups excluding tert-OH is 1. The second kappa shape index (κ2) is 8.21. The molecule has 2 heterocycles. The number of carbonyl (C=O) groups excluding carboxylic acids is 1. The molecule has 1 atom stereocenters. The first-order valence-electron chi connectivity index (χ1n) is 10.3. The molecule has 0 aliphatic carbocycles. The molecule has 0 bridgehead atoms. The molecule has 0 aromatic heterocycles. The average molecular weight is 493 g/mol. The number of alkyl halides is 3. The van der Waals surface area contributed by atoms with E-state index in [4.69, 9.17) is 22.2 Å². The Morgan fingerprint density at radius 2 is 2.00 bits per heavy atom. The van der Waals surface area contributed by atoms with Crippen molar-refractivity contribution in [2.24, 2.45) is 0 Å². The third kappa shape index (κ3) is 3.67. The van der Waals surface area contributed by atoms with Gasteiger partial charge in [0.25, 0.3) is 5.91 Å². The fourth-order valence-electron chi connectivity index (χ4n) is 4.25. The Balaban J connectivity index is 1.78. The summed E-state index contributed by atoms with van der Waals surface area (Å²) in [4.78, 5) is 15.5. The zero-order valence-electron chi connectivity index (χ0n) is 18.1. The molecule has 2 aliphatic rings. The van der Waals surface area contributed by atoms with Crippen molar-refractivity contribution in [2.75, 3.05) is 16.4 Å². The maximum absolute atomic E-state index is 15.1. The first-order valence-corrected chi connectivity index (χ1v) is 10.7. The standard InChI is InChI=1S/C23H19F4N3O3S/c1-22(2)20(32)29(16-7-4-13(10-28)18(19(16)24)23(25,26)27)21(34)30(22)14-5-8-17-12(9-14)3-6-15(11-31)33-17/h4-5,7-9,15,31H,3,6,11H2,1-2H3/t15-/m0/s1. The number of carbonyl (C=O) groups is 1. The summed E-state index contributed by atoms with van der Waals surface area (Å²) in [5, 5.41) is 18.1. The maximum Gasteiger partial charge on any atom is 0.420 e. The summed E-state index contributed by atoms with van der Waals surface area (Å²) >= 11 is 5.46. The Bertz CT molecular complexity index is 1240. The number of nitriles is 1. The Hall–Kier alpha value is -3.23. The second-order valence-corrected chi connectivity index (χ2v) is 8.87. The van der Waals surface area contributed by atoms with Crippen molar-refractivity contribution in [1.82, 2.24) is 0 Å². The maximum atomic E-state index is 15.1. The number of benzene rings is 2. The number of nitrogens with zero attached hydrogens (tertiary/aromatic N) is 3. The summed E-state index contributed by atoms with van der Waals surface area (Å²) in [5.41, 5.74) is -3.35. The molecule has 1 N–H and O–H groups in total. The summed E-state index contributed by atoms with van der Waals surface area (Å²) in [6, 6.07) is 8.16. The van der Waals surface area contributed by atoms with Crippen LogP contribution in [0.5, 0.6) is 5.75 Å². The highest BCUT2D eigenvalue weighted by atomic mass is 32.1. The molecule has 0 radical (unpaired) electrons. The van der Waals surface area contributed by atoms with Gasteiger partial charge in [0.15, 0.2) is 10.9 Å². The van der Waals surface area contributed by atoms with Gasteiger partial charge in [-0.25, -0.2) is 4.39 Å². The van der Waals surface area contributed by atoms with Crippen LogP contribution in [0.15, 0.2) is 30.3 Å².